The molecule has 2 N–H and O–H groups in total. The number of carbonyl (C=O) groups excluding carboxylic acids is 2. The predicted octanol–water partition coefficient (Wildman–Crippen LogP) is 3.65. The van der Waals surface area contributed by atoms with Crippen LogP contribution in [-0.2, 0) is 9.59 Å². The Kier molecular flexibility index (Phi) is 7.86. The van der Waals surface area contributed by atoms with Crippen molar-refractivity contribution >= 4 is 45.7 Å². The fraction of sp³-hybridized carbons (Fsp3) is 0.412. The molecule has 26 heavy (non-hydrogen) atoms. The molecule has 0 unspecified atom stereocenters. The number of hydrogen-bond acceptors (Lipinski definition) is 7. The van der Waals surface area contributed by atoms with Crippen molar-refractivity contribution in [2.24, 2.45) is 5.92 Å². The Bertz CT molecular complexity index is 747. The number of nitrogens with one attached hydrogen (secondary N) is 2. The molecule has 0 spiro atoms. The Labute approximate surface area is 160 Å². The zero-order chi connectivity index (χ0) is 18.9. The van der Waals surface area contributed by atoms with Crippen molar-refractivity contribution in [2.45, 2.75) is 31.0 Å². The lowest BCUT2D eigenvalue weighted by atomic mass is 10.0. The summed E-state index contributed by atoms with van der Waals surface area (Å²) in [5.41, 5.74) is 0.672. The average molecular weight is 395 g/mol. The van der Waals surface area contributed by atoms with E-state index in [9.17, 15) is 9.59 Å². The van der Waals surface area contributed by atoms with Crippen LogP contribution in [-0.4, -0.2) is 34.9 Å². The first-order chi connectivity index (χ1) is 12.5. The number of methoxy groups -OCH3 is 1. The monoisotopic (exact) mass is 394 g/mol. The Morgan fingerprint density at radius 3 is 2.69 bits per heavy atom. The smallest absolute Gasteiger partial charge is 0.234 e. The van der Waals surface area contributed by atoms with Gasteiger partial charge in [-0.3, -0.25) is 9.59 Å². The van der Waals surface area contributed by atoms with Crippen molar-refractivity contribution in [3.05, 3.63) is 24.3 Å². The van der Waals surface area contributed by atoms with Crippen LogP contribution in [0.5, 0.6) is 5.75 Å². The van der Waals surface area contributed by atoms with Gasteiger partial charge >= 0.3 is 0 Å². The van der Waals surface area contributed by atoms with Crippen LogP contribution in [0.15, 0.2) is 28.6 Å². The fourth-order valence-corrected chi connectivity index (χ4v) is 3.77. The number of amides is 2. The first-order valence-electron chi connectivity index (χ1n) is 8.26. The van der Waals surface area contributed by atoms with Gasteiger partial charge < -0.3 is 15.4 Å². The van der Waals surface area contributed by atoms with Gasteiger partial charge in [-0.05, 0) is 25.0 Å². The Morgan fingerprint density at radius 1 is 1.23 bits per heavy atom. The van der Waals surface area contributed by atoms with Gasteiger partial charge in [0.25, 0.3) is 0 Å². The zero-order valence-electron chi connectivity index (χ0n) is 14.9. The molecule has 2 amide bonds. The van der Waals surface area contributed by atoms with Crippen molar-refractivity contribution in [1.29, 1.82) is 0 Å². The van der Waals surface area contributed by atoms with Crippen molar-refractivity contribution < 1.29 is 14.3 Å². The quantitative estimate of drug-likeness (QED) is 0.498. The summed E-state index contributed by atoms with van der Waals surface area (Å²) in [7, 11) is 1.58. The minimum absolute atomic E-state index is 0.0244. The molecule has 1 heterocycles. The molecule has 0 saturated carbocycles. The van der Waals surface area contributed by atoms with Crippen molar-refractivity contribution in [3.63, 3.8) is 0 Å². The summed E-state index contributed by atoms with van der Waals surface area (Å²) >= 11 is 2.54. The molecule has 0 aliphatic rings. The molecule has 0 radical (unpaired) electrons. The second-order valence-electron chi connectivity index (χ2n) is 5.44. The van der Waals surface area contributed by atoms with Crippen LogP contribution in [0, 0.1) is 5.92 Å². The van der Waals surface area contributed by atoms with E-state index in [1.807, 2.05) is 19.9 Å². The molecule has 7 nitrogen and oxygen atoms in total. The highest BCUT2D eigenvalue weighted by molar-refractivity contribution is 8.01. The number of aromatic nitrogens is 2. The van der Waals surface area contributed by atoms with E-state index < -0.39 is 0 Å². The number of ether oxygens (including phenoxy) is 1. The molecule has 0 atom stereocenters. The lowest BCUT2D eigenvalue weighted by Gasteiger charge is -2.09. The molecule has 0 fully saturated rings. The summed E-state index contributed by atoms with van der Waals surface area (Å²) in [6.45, 7) is 3.96. The third kappa shape index (κ3) is 5.99. The van der Waals surface area contributed by atoms with E-state index in [4.69, 9.17) is 4.74 Å². The molecule has 0 aliphatic carbocycles. The fourth-order valence-electron chi connectivity index (χ4n) is 2.21. The van der Waals surface area contributed by atoms with Gasteiger partial charge in [-0.1, -0.05) is 43.0 Å². The highest BCUT2D eigenvalue weighted by Gasteiger charge is 2.16. The normalized spacial score (nSPS) is 10.6. The van der Waals surface area contributed by atoms with E-state index in [2.05, 4.69) is 20.8 Å². The molecule has 9 heteroatoms. The summed E-state index contributed by atoms with van der Waals surface area (Å²) in [6.07, 6.45) is 1.57. The Balaban J connectivity index is 1.83. The van der Waals surface area contributed by atoms with Crippen LogP contribution in [0.2, 0.25) is 0 Å². The van der Waals surface area contributed by atoms with Crippen molar-refractivity contribution in [2.75, 3.05) is 23.5 Å². The Morgan fingerprint density at radius 2 is 2.00 bits per heavy atom. The molecule has 1 aromatic carbocycles. The molecular formula is C17H22N4O3S2. The van der Waals surface area contributed by atoms with Crippen LogP contribution in [0.3, 0.4) is 0 Å². The molecule has 1 aromatic heterocycles. The minimum atomic E-state index is -0.152. The van der Waals surface area contributed by atoms with E-state index in [0.717, 1.165) is 12.8 Å². The molecule has 2 rings (SSSR count). The van der Waals surface area contributed by atoms with E-state index >= 15 is 0 Å². The summed E-state index contributed by atoms with van der Waals surface area (Å²) in [5.74, 6) is 0.660. The van der Waals surface area contributed by atoms with Gasteiger partial charge in [0, 0.05) is 17.7 Å². The largest absolute Gasteiger partial charge is 0.497 e. The summed E-state index contributed by atoms with van der Waals surface area (Å²) in [6, 6.07) is 7.16. The SMILES string of the molecule is CCC(CC)C(=O)Nc1nnc(SCC(=O)Nc2cccc(OC)c2)s1. The number of carbonyl (C=O) groups is 2. The van der Waals surface area contributed by atoms with E-state index in [1.165, 1.54) is 23.1 Å². The lowest BCUT2D eigenvalue weighted by Crippen LogP contribution is -2.21. The molecule has 140 valence electrons. The number of benzene rings is 1. The van der Waals surface area contributed by atoms with E-state index in [1.54, 1.807) is 25.3 Å². The van der Waals surface area contributed by atoms with Crippen LogP contribution in [0.1, 0.15) is 26.7 Å². The van der Waals surface area contributed by atoms with Gasteiger partial charge in [0.05, 0.1) is 12.9 Å². The van der Waals surface area contributed by atoms with Gasteiger partial charge in [-0.15, -0.1) is 10.2 Å². The maximum Gasteiger partial charge on any atom is 0.234 e. The maximum atomic E-state index is 12.1. The average Bonchev–Trinajstić information content (AvgIpc) is 3.08. The molecule has 0 saturated heterocycles. The standard InChI is InChI=1S/C17H22N4O3S2/c1-4-11(5-2)15(23)19-16-20-21-17(26-16)25-10-14(22)18-12-7-6-8-13(9-12)24-3/h6-9,11H,4-5,10H2,1-3H3,(H,18,22)(H,19,20,23). The third-order valence-corrected chi connectivity index (χ3v) is 5.65. The molecule has 0 aliphatic heterocycles. The van der Waals surface area contributed by atoms with Crippen LogP contribution < -0.4 is 15.4 Å². The molecule has 2 aromatic rings. The number of nitrogens with zero attached hydrogens (tertiary/aromatic N) is 2. The first-order valence-corrected chi connectivity index (χ1v) is 10.1. The number of hydrogen-bond donors (Lipinski definition) is 2. The lowest BCUT2D eigenvalue weighted by molar-refractivity contribution is -0.120. The van der Waals surface area contributed by atoms with Gasteiger partial charge in [-0.2, -0.15) is 0 Å². The van der Waals surface area contributed by atoms with Crippen LogP contribution in [0.4, 0.5) is 10.8 Å². The second kappa shape index (κ2) is 10.1. The Hall–Kier alpha value is -2.13. The summed E-state index contributed by atoms with van der Waals surface area (Å²) < 4.78 is 5.76. The third-order valence-electron chi connectivity index (χ3n) is 3.67. The van der Waals surface area contributed by atoms with E-state index in [-0.39, 0.29) is 23.5 Å². The van der Waals surface area contributed by atoms with Gasteiger partial charge in [0.15, 0.2) is 4.34 Å². The zero-order valence-corrected chi connectivity index (χ0v) is 16.6. The van der Waals surface area contributed by atoms with Crippen molar-refractivity contribution in [3.8, 4) is 5.75 Å². The van der Waals surface area contributed by atoms with Gasteiger partial charge in [0.1, 0.15) is 5.75 Å². The highest BCUT2D eigenvalue weighted by atomic mass is 32.2. The first kappa shape index (κ1) is 20.2. The molecular weight excluding hydrogens is 372 g/mol. The van der Waals surface area contributed by atoms with Crippen LogP contribution in [0.25, 0.3) is 0 Å². The highest BCUT2D eigenvalue weighted by Crippen LogP contribution is 2.26. The van der Waals surface area contributed by atoms with Gasteiger partial charge in [-0.25, -0.2) is 0 Å². The summed E-state index contributed by atoms with van der Waals surface area (Å²) in [4.78, 5) is 24.1. The molecule has 0 bridgehead atoms. The number of rotatable bonds is 9. The number of thioether (sulfide) groups is 1. The van der Waals surface area contributed by atoms with Gasteiger partial charge in [0.2, 0.25) is 16.9 Å². The van der Waals surface area contributed by atoms with E-state index in [0.29, 0.717) is 20.9 Å². The predicted molar refractivity (Wildman–Crippen MR) is 105 cm³/mol. The summed E-state index contributed by atoms with van der Waals surface area (Å²) in [5, 5.41) is 14.0. The second-order valence-corrected chi connectivity index (χ2v) is 7.64. The van der Waals surface area contributed by atoms with Crippen LogP contribution >= 0.6 is 23.1 Å². The topological polar surface area (TPSA) is 93.2 Å². The number of anilines is 2. The van der Waals surface area contributed by atoms with Crippen molar-refractivity contribution in [1.82, 2.24) is 10.2 Å². The maximum absolute atomic E-state index is 12.1. The minimum Gasteiger partial charge on any atom is -0.497 e.